The fourth-order valence-corrected chi connectivity index (χ4v) is 1.56. The highest BCUT2D eigenvalue weighted by atomic mass is 19.1. The highest BCUT2D eigenvalue weighted by molar-refractivity contribution is 5.38. The van der Waals surface area contributed by atoms with Crippen LogP contribution in [0.1, 0.15) is 12.6 Å². The number of hydrogen-bond donors (Lipinski definition) is 1. The maximum Gasteiger partial charge on any atom is 0.167 e. The number of aromatic nitrogens is 3. The van der Waals surface area contributed by atoms with Crippen LogP contribution in [0.25, 0.3) is 5.69 Å². The Kier molecular flexibility index (Phi) is 3.88. The van der Waals surface area contributed by atoms with Crippen molar-refractivity contribution in [3.63, 3.8) is 0 Å². The summed E-state index contributed by atoms with van der Waals surface area (Å²) >= 11 is 0. The van der Waals surface area contributed by atoms with Gasteiger partial charge < -0.3 is 10.1 Å². The van der Waals surface area contributed by atoms with E-state index in [0.29, 0.717) is 12.2 Å². The number of nitrogens with zero attached hydrogens (tertiary/aromatic N) is 3. The standard InChI is InChI=1S/C12H15FN4O/c1-3-14-7-9-8-17(16-15-9)10-4-5-12(18-2)11(13)6-10/h4-6,8,14H,3,7H2,1-2H3. The van der Waals surface area contributed by atoms with Gasteiger partial charge in [-0.3, -0.25) is 0 Å². The Morgan fingerprint density at radius 1 is 1.44 bits per heavy atom. The van der Waals surface area contributed by atoms with Crippen molar-refractivity contribution in [2.24, 2.45) is 0 Å². The van der Waals surface area contributed by atoms with E-state index >= 15 is 0 Å². The van der Waals surface area contributed by atoms with E-state index in [9.17, 15) is 4.39 Å². The number of halogens is 1. The van der Waals surface area contributed by atoms with Gasteiger partial charge in [0.15, 0.2) is 11.6 Å². The van der Waals surface area contributed by atoms with E-state index in [1.54, 1.807) is 18.3 Å². The van der Waals surface area contributed by atoms with Gasteiger partial charge in [-0.2, -0.15) is 0 Å². The first kappa shape index (κ1) is 12.5. The summed E-state index contributed by atoms with van der Waals surface area (Å²) < 4.78 is 19.9. The van der Waals surface area contributed by atoms with Crippen LogP contribution in [0.3, 0.4) is 0 Å². The molecular formula is C12H15FN4O. The van der Waals surface area contributed by atoms with Crippen LogP contribution in [0, 0.1) is 5.82 Å². The Hall–Kier alpha value is -1.95. The normalized spacial score (nSPS) is 10.6. The molecule has 0 radical (unpaired) electrons. The summed E-state index contributed by atoms with van der Waals surface area (Å²) in [7, 11) is 1.43. The van der Waals surface area contributed by atoms with Gasteiger partial charge in [0.05, 0.1) is 24.7 Å². The summed E-state index contributed by atoms with van der Waals surface area (Å²) in [6, 6.07) is 4.66. The summed E-state index contributed by atoms with van der Waals surface area (Å²) in [5, 5.41) is 11.1. The Labute approximate surface area is 105 Å². The molecule has 2 rings (SSSR count). The molecule has 0 fully saturated rings. The number of benzene rings is 1. The molecule has 5 nitrogen and oxygen atoms in total. The van der Waals surface area contributed by atoms with Crippen molar-refractivity contribution in [3.8, 4) is 11.4 Å². The monoisotopic (exact) mass is 250 g/mol. The molecule has 0 bridgehead atoms. The topological polar surface area (TPSA) is 52.0 Å². The van der Waals surface area contributed by atoms with Crippen molar-refractivity contribution in [1.29, 1.82) is 0 Å². The molecule has 2 aromatic rings. The van der Waals surface area contributed by atoms with Crippen LogP contribution in [-0.2, 0) is 6.54 Å². The minimum atomic E-state index is -0.418. The predicted molar refractivity (Wildman–Crippen MR) is 65.2 cm³/mol. The summed E-state index contributed by atoms with van der Waals surface area (Å²) in [6.45, 7) is 3.53. The highest BCUT2D eigenvalue weighted by Gasteiger charge is 2.07. The summed E-state index contributed by atoms with van der Waals surface area (Å²) in [5.41, 5.74) is 1.43. The largest absolute Gasteiger partial charge is 0.494 e. The molecule has 1 N–H and O–H groups in total. The van der Waals surface area contributed by atoms with E-state index in [1.807, 2.05) is 6.92 Å². The van der Waals surface area contributed by atoms with Gasteiger partial charge in [0.2, 0.25) is 0 Å². The van der Waals surface area contributed by atoms with Crippen LogP contribution >= 0.6 is 0 Å². The second-order valence-electron chi connectivity index (χ2n) is 3.75. The number of hydrogen-bond acceptors (Lipinski definition) is 4. The molecule has 0 aliphatic heterocycles. The molecule has 6 heteroatoms. The third kappa shape index (κ3) is 2.65. The van der Waals surface area contributed by atoms with E-state index in [-0.39, 0.29) is 5.75 Å². The molecule has 0 atom stereocenters. The Bertz CT molecular complexity index is 527. The zero-order valence-corrected chi connectivity index (χ0v) is 10.4. The van der Waals surface area contributed by atoms with Gasteiger partial charge in [-0.1, -0.05) is 12.1 Å². The number of ether oxygens (including phenoxy) is 1. The second kappa shape index (κ2) is 5.59. The molecular weight excluding hydrogens is 235 g/mol. The van der Waals surface area contributed by atoms with Crippen LogP contribution < -0.4 is 10.1 Å². The van der Waals surface area contributed by atoms with E-state index < -0.39 is 5.82 Å². The van der Waals surface area contributed by atoms with Crippen LogP contribution in [-0.4, -0.2) is 28.6 Å². The van der Waals surface area contributed by atoms with E-state index in [4.69, 9.17) is 4.74 Å². The molecule has 96 valence electrons. The molecule has 0 amide bonds. The van der Waals surface area contributed by atoms with Crippen LogP contribution in [0.4, 0.5) is 4.39 Å². The molecule has 0 aliphatic rings. The fourth-order valence-electron chi connectivity index (χ4n) is 1.56. The summed E-state index contributed by atoms with van der Waals surface area (Å²) in [6.07, 6.45) is 1.77. The van der Waals surface area contributed by atoms with Gasteiger partial charge in [-0.05, 0) is 18.7 Å². The molecule has 18 heavy (non-hydrogen) atoms. The SMILES string of the molecule is CCNCc1cn(-c2ccc(OC)c(F)c2)nn1. The van der Waals surface area contributed by atoms with Gasteiger partial charge >= 0.3 is 0 Å². The van der Waals surface area contributed by atoms with Crippen LogP contribution in [0.5, 0.6) is 5.75 Å². The molecule has 1 aromatic carbocycles. The molecule has 0 aliphatic carbocycles. The van der Waals surface area contributed by atoms with Crippen molar-refractivity contribution < 1.29 is 9.13 Å². The van der Waals surface area contributed by atoms with E-state index in [1.165, 1.54) is 17.9 Å². The second-order valence-corrected chi connectivity index (χ2v) is 3.75. The van der Waals surface area contributed by atoms with Gasteiger partial charge in [0.25, 0.3) is 0 Å². The van der Waals surface area contributed by atoms with Crippen molar-refractivity contribution in [1.82, 2.24) is 20.3 Å². The zero-order chi connectivity index (χ0) is 13.0. The third-order valence-electron chi connectivity index (χ3n) is 2.50. The van der Waals surface area contributed by atoms with Crippen molar-refractivity contribution >= 4 is 0 Å². The molecule has 1 aromatic heterocycles. The Balaban J connectivity index is 2.20. The highest BCUT2D eigenvalue weighted by Crippen LogP contribution is 2.19. The van der Waals surface area contributed by atoms with Crippen LogP contribution in [0.15, 0.2) is 24.4 Å². The first-order valence-corrected chi connectivity index (χ1v) is 5.70. The van der Waals surface area contributed by atoms with Gasteiger partial charge in [0.1, 0.15) is 0 Å². The minimum Gasteiger partial charge on any atom is -0.494 e. The van der Waals surface area contributed by atoms with Crippen molar-refractivity contribution in [2.45, 2.75) is 13.5 Å². The Morgan fingerprint density at radius 3 is 2.94 bits per heavy atom. The quantitative estimate of drug-likeness (QED) is 0.874. The smallest absolute Gasteiger partial charge is 0.167 e. The number of nitrogens with one attached hydrogen (secondary N) is 1. The predicted octanol–water partition coefficient (Wildman–Crippen LogP) is 1.52. The first-order chi connectivity index (χ1) is 8.74. The fraction of sp³-hybridized carbons (Fsp3) is 0.333. The lowest BCUT2D eigenvalue weighted by Crippen LogP contribution is -2.11. The van der Waals surface area contributed by atoms with E-state index in [2.05, 4.69) is 15.6 Å². The van der Waals surface area contributed by atoms with Crippen LogP contribution in [0.2, 0.25) is 0 Å². The summed E-state index contributed by atoms with van der Waals surface area (Å²) in [5.74, 6) is -0.203. The van der Waals surface area contributed by atoms with Crippen molar-refractivity contribution in [3.05, 3.63) is 35.9 Å². The number of rotatable bonds is 5. The average Bonchev–Trinajstić information content (AvgIpc) is 2.85. The van der Waals surface area contributed by atoms with E-state index in [0.717, 1.165) is 12.2 Å². The average molecular weight is 250 g/mol. The molecule has 1 heterocycles. The van der Waals surface area contributed by atoms with Gasteiger partial charge in [-0.15, -0.1) is 5.10 Å². The van der Waals surface area contributed by atoms with Gasteiger partial charge in [-0.25, -0.2) is 9.07 Å². The third-order valence-corrected chi connectivity index (χ3v) is 2.50. The maximum absolute atomic E-state index is 13.5. The zero-order valence-electron chi connectivity index (χ0n) is 10.4. The maximum atomic E-state index is 13.5. The molecule has 0 spiro atoms. The lowest BCUT2D eigenvalue weighted by atomic mass is 10.3. The number of methoxy groups -OCH3 is 1. The lowest BCUT2D eigenvalue weighted by molar-refractivity contribution is 0.386. The van der Waals surface area contributed by atoms with Crippen molar-refractivity contribution in [2.75, 3.05) is 13.7 Å². The Morgan fingerprint density at radius 2 is 2.28 bits per heavy atom. The lowest BCUT2D eigenvalue weighted by Gasteiger charge is -2.04. The van der Waals surface area contributed by atoms with Gasteiger partial charge in [0, 0.05) is 12.6 Å². The molecule has 0 saturated heterocycles. The first-order valence-electron chi connectivity index (χ1n) is 5.70. The summed E-state index contributed by atoms with van der Waals surface area (Å²) in [4.78, 5) is 0. The molecule has 0 unspecified atom stereocenters. The minimum absolute atomic E-state index is 0.215. The molecule has 0 saturated carbocycles.